The topological polar surface area (TPSA) is 94.3 Å². The lowest BCUT2D eigenvalue weighted by atomic mass is 10.2. The van der Waals surface area contributed by atoms with Crippen molar-refractivity contribution in [1.29, 1.82) is 0 Å². The summed E-state index contributed by atoms with van der Waals surface area (Å²) in [7, 11) is 0. The molecule has 0 spiro atoms. The van der Waals surface area contributed by atoms with E-state index in [1.165, 1.54) is 17.7 Å². The molecular formula is C19H15N3O4S. The Morgan fingerprint density at radius 3 is 2.89 bits per heavy atom. The number of nitrogens with zero attached hydrogens (tertiary/aromatic N) is 2. The van der Waals surface area contributed by atoms with Gasteiger partial charge in [0.05, 0.1) is 15.8 Å². The molecule has 2 aromatic carbocycles. The highest BCUT2D eigenvalue weighted by molar-refractivity contribution is 7.22. The van der Waals surface area contributed by atoms with Crippen molar-refractivity contribution in [3.63, 3.8) is 0 Å². The Morgan fingerprint density at radius 2 is 2.07 bits per heavy atom. The van der Waals surface area contributed by atoms with Crippen molar-refractivity contribution in [3.05, 3.63) is 54.4 Å². The Kier molecular flexibility index (Phi) is 4.55. The average Bonchev–Trinajstić information content (AvgIpc) is 3.30. The van der Waals surface area contributed by atoms with Crippen molar-refractivity contribution in [2.45, 2.75) is 19.4 Å². The van der Waals surface area contributed by atoms with Gasteiger partial charge in [0.1, 0.15) is 5.52 Å². The number of aromatic nitrogens is 2. The molecule has 8 heteroatoms. The Bertz CT molecular complexity index is 1100. The summed E-state index contributed by atoms with van der Waals surface area (Å²) < 4.78 is 11.5. The zero-order valence-electron chi connectivity index (χ0n) is 14.3. The number of hydrogen-bond acceptors (Lipinski definition) is 7. The van der Waals surface area contributed by atoms with Gasteiger partial charge in [0.2, 0.25) is 0 Å². The van der Waals surface area contributed by atoms with E-state index < -0.39 is 18.0 Å². The predicted octanol–water partition coefficient (Wildman–Crippen LogP) is 4.01. The molecule has 27 heavy (non-hydrogen) atoms. The number of para-hydroxylation sites is 1. The number of esters is 1. The molecule has 0 radical (unpaired) electrons. The molecule has 4 rings (SSSR count). The number of benzene rings is 2. The van der Waals surface area contributed by atoms with Gasteiger partial charge in [-0.3, -0.25) is 10.1 Å². The summed E-state index contributed by atoms with van der Waals surface area (Å²) in [5, 5.41) is 3.20. The predicted molar refractivity (Wildman–Crippen MR) is 102 cm³/mol. The van der Waals surface area contributed by atoms with Crippen LogP contribution in [0.4, 0.5) is 5.13 Å². The van der Waals surface area contributed by atoms with Crippen LogP contribution in [0, 0.1) is 0 Å². The van der Waals surface area contributed by atoms with Crippen LogP contribution in [0.5, 0.6) is 0 Å². The summed E-state index contributed by atoms with van der Waals surface area (Å²) in [6, 6.07) is 12.4. The van der Waals surface area contributed by atoms with Gasteiger partial charge in [0.25, 0.3) is 5.91 Å². The molecule has 0 aliphatic heterocycles. The van der Waals surface area contributed by atoms with E-state index in [4.69, 9.17) is 9.15 Å². The van der Waals surface area contributed by atoms with Crippen molar-refractivity contribution in [3.8, 4) is 0 Å². The summed E-state index contributed by atoms with van der Waals surface area (Å²) in [6.45, 7) is 1.77. The lowest BCUT2D eigenvalue weighted by molar-refractivity contribution is -0.124. The third-order valence-electron chi connectivity index (χ3n) is 4.00. The number of carbonyl (C=O) groups excluding carboxylic acids is 2. The summed E-state index contributed by atoms with van der Waals surface area (Å²) >= 11 is 1.37. The average molecular weight is 381 g/mol. The lowest BCUT2D eigenvalue weighted by Crippen LogP contribution is -2.32. The molecule has 1 atom stereocenters. The first-order valence-corrected chi connectivity index (χ1v) is 9.16. The second-order valence-electron chi connectivity index (χ2n) is 5.81. The maximum absolute atomic E-state index is 12.5. The minimum absolute atomic E-state index is 0.308. The van der Waals surface area contributed by atoms with Gasteiger partial charge in [-0.15, -0.1) is 0 Å². The minimum Gasteiger partial charge on any atom is -0.449 e. The normalized spacial score (nSPS) is 12.2. The molecule has 2 heterocycles. The van der Waals surface area contributed by atoms with Crippen LogP contribution in [-0.4, -0.2) is 27.9 Å². The van der Waals surface area contributed by atoms with Crippen molar-refractivity contribution in [1.82, 2.24) is 9.97 Å². The number of ether oxygens (including phenoxy) is 1. The quantitative estimate of drug-likeness (QED) is 0.525. The molecule has 4 aromatic rings. The lowest BCUT2D eigenvalue weighted by Gasteiger charge is -2.15. The fourth-order valence-corrected chi connectivity index (χ4v) is 3.48. The largest absolute Gasteiger partial charge is 0.449 e. The van der Waals surface area contributed by atoms with E-state index in [9.17, 15) is 9.59 Å². The number of nitrogens with one attached hydrogen (secondary N) is 1. The second-order valence-corrected chi connectivity index (χ2v) is 6.84. The third-order valence-corrected chi connectivity index (χ3v) is 4.95. The van der Waals surface area contributed by atoms with Gasteiger partial charge < -0.3 is 9.15 Å². The van der Waals surface area contributed by atoms with Crippen molar-refractivity contribution in [2.24, 2.45) is 0 Å². The van der Waals surface area contributed by atoms with Crippen LogP contribution in [0.15, 0.2) is 53.3 Å². The maximum Gasteiger partial charge on any atom is 0.338 e. The SMILES string of the molecule is CCC(OC(=O)c1ccc2ocnc2c1)C(=O)Nc1nc2ccccc2s1. The van der Waals surface area contributed by atoms with E-state index in [1.54, 1.807) is 25.1 Å². The molecular weight excluding hydrogens is 366 g/mol. The molecule has 0 aliphatic rings. The van der Waals surface area contributed by atoms with Gasteiger partial charge in [0, 0.05) is 0 Å². The summed E-state index contributed by atoms with van der Waals surface area (Å²) in [6.07, 6.45) is 0.729. The van der Waals surface area contributed by atoms with Crippen molar-refractivity contribution < 1.29 is 18.7 Å². The van der Waals surface area contributed by atoms with Crippen LogP contribution < -0.4 is 5.32 Å². The molecule has 0 saturated heterocycles. The van der Waals surface area contributed by atoms with Gasteiger partial charge in [-0.25, -0.2) is 14.8 Å². The standard InChI is InChI=1S/C19H15N3O4S/c1-2-14(17(23)22-19-21-12-5-3-4-6-16(12)27-19)26-18(24)11-7-8-15-13(9-11)20-10-25-15/h3-10,14H,2H2,1H3,(H,21,22,23). The van der Waals surface area contributed by atoms with Crippen LogP contribution in [0.2, 0.25) is 0 Å². The first-order chi connectivity index (χ1) is 13.1. The molecule has 2 aromatic heterocycles. The molecule has 1 N–H and O–H groups in total. The monoisotopic (exact) mass is 381 g/mol. The van der Waals surface area contributed by atoms with Crippen molar-refractivity contribution in [2.75, 3.05) is 5.32 Å². The number of fused-ring (bicyclic) bond motifs is 2. The number of amides is 1. The highest BCUT2D eigenvalue weighted by Gasteiger charge is 2.23. The van der Waals surface area contributed by atoms with E-state index in [2.05, 4.69) is 15.3 Å². The van der Waals surface area contributed by atoms with Crippen LogP contribution in [-0.2, 0) is 9.53 Å². The van der Waals surface area contributed by atoms with Crippen LogP contribution >= 0.6 is 11.3 Å². The minimum atomic E-state index is -0.919. The van der Waals surface area contributed by atoms with E-state index in [1.807, 2.05) is 24.3 Å². The van der Waals surface area contributed by atoms with E-state index in [0.717, 1.165) is 10.2 Å². The van der Waals surface area contributed by atoms with Gasteiger partial charge in [-0.05, 0) is 36.8 Å². The molecule has 1 amide bonds. The molecule has 1 unspecified atom stereocenters. The Balaban J connectivity index is 1.47. The highest BCUT2D eigenvalue weighted by atomic mass is 32.1. The van der Waals surface area contributed by atoms with E-state index in [0.29, 0.717) is 28.2 Å². The number of rotatable bonds is 5. The van der Waals surface area contributed by atoms with E-state index in [-0.39, 0.29) is 0 Å². The molecule has 136 valence electrons. The Hall–Kier alpha value is -3.26. The van der Waals surface area contributed by atoms with E-state index >= 15 is 0 Å². The highest BCUT2D eigenvalue weighted by Crippen LogP contribution is 2.25. The maximum atomic E-state index is 12.5. The Labute approximate surface area is 158 Å². The number of thiazole rings is 1. The molecule has 7 nitrogen and oxygen atoms in total. The Morgan fingerprint density at radius 1 is 1.22 bits per heavy atom. The number of anilines is 1. The number of hydrogen-bond donors (Lipinski definition) is 1. The molecule has 0 aliphatic carbocycles. The van der Waals surface area contributed by atoms with Gasteiger partial charge in [-0.2, -0.15) is 0 Å². The number of oxazole rings is 1. The van der Waals surface area contributed by atoms with Crippen molar-refractivity contribution >= 4 is 49.7 Å². The van der Waals surface area contributed by atoms with Crippen LogP contribution in [0.1, 0.15) is 23.7 Å². The second kappa shape index (κ2) is 7.16. The summed E-state index contributed by atoms with van der Waals surface area (Å²) in [5.74, 6) is -1.00. The fraction of sp³-hybridized carbons (Fsp3) is 0.158. The smallest absolute Gasteiger partial charge is 0.338 e. The van der Waals surface area contributed by atoms with Crippen LogP contribution in [0.25, 0.3) is 21.3 Å². The zero-order valence-corrected chi connectivity index (χ0v) is 15.2. The molecule has 0 saturated carbocycles. The fourth-order valence-electron chi connectivity index (χ4n) is 2.62. The first kappa shape index (κ1) is 17.2. The summed E-state index contributed by atoms with van der Waals surface area (Å²) in [4.78, 5) is 33.3. The molecule has 0 bridgehead atoms. The van der Waals surface area contributed by atoms with Gasteiger partial charge in [0.15, 0.2) is 23.2 Å². The van der Waals surface area contributed by atoms with Gasteiger partial charge >= 0.3 is 5.97 Å². The first-order valence-electron chi connectivity index (χ1n) is 8.34. The third kappa shape index (κ3) is 3.52. The zero-order chi connectivity index (χ0) is 18.8. The van der Waals surface area contributed by atoms with Gasteiger partial charge in [-0.1, -0.05) is 30.4 Å². The van der Waals surface area contributed by atoms with Crippen LogP contribution in [0.3, 0.4) is 0 Å². The molecule has 0 fully saturated rings. The number of carbonyl (C=O) groups is 2. The summed E-state index contributed by atoms with van der Waals surface area (Å²) in [5.41, 5.74) is 2.25.